The molecule has 0 spiro atoms. The third-order valence-electron chi connectivity index (χ3n) is 1.46. The number of nitrogens with one attached hydrogen (secondary N) is 1. The largest absolute Gasteiger partial charge is 0.307 e. The van der Waals surface area contributed by atoms with E-state index in [0.717, 1.165) is 4.88 Å². The van der Waals surface area contributed by atoms with E-state index in [1.807, 2.05) is 23.6 Å². The third kappa shape index (κ3) is 1.99. The van der Waals surface area contributed by atoms with E-state index in [2.05, 4.69) is 5.32 Å². The number of thiocarbonyl (C=S) groups is 1. The Kier molecular flexibility index (Phi) is 2.48. The summed E-state index contributed by atoms with van der Waals surface area (Å²) < 4.78 is 0.535. The molecule has 1 aliphatic rings. The maximum atomic E-state index is 11.2. The van der Waals surface area contributed by atoms with Crippen LogP contribution in [0.4, 0.5) is 0 Å². The summed E-state index contributed by atoms with van der Waals surface area (Å²) in [5.41, 5.74) is 0. The molecule has 0 bridgehead atoms. The van der Waals surface area contributed by atoms with Crippen LogP contribution in [0.15, 0.2) is 22.4 Å². The molecule has 2 heterocycles. The van der Waals surface area contributed by atoms with Crippen molar-refractivity contribution in [3.05, 3.63) is 27.3 Å². The van der Waals surface area contributed by atoms with E-state index >= 15 is 0 Å². The van der Waals surface area contributed by atoms with Crippen LogP contribution >= 0.6 is 35.3 Å². The number of hydrogen-bond donors (Lipinski definition) is 1. The fourth-order valence-corrected chi connectivity index (χ4v) is 2.69. The summed E-state index contributed by atoms with van der Waals surface area (Å²) in [6, 6.07) is 3.92. The summed E-state index contributed by atoms with van der Waals surface area (Å²) in [5.74, 6) is -0.0941. The van der Waals surface area contributed by atoms with Gasteiger partial charge in [0.25, 0.3) is 5.91 Å². The highest BCUT2D eigenvalue weighted by molar-refractivity contribution is 8.26. The van der Waals surface area contributed by atoms with Gasteiger partial charge in [0.2, 0.25) is 0 Å². The summed E-state index contributed by atoms with van der Waals surface area (Å²) in [6.07, 6.45) is 1.85. The molecule has 0 atom stereocenters. The summed E-state index contributed by atoms with van der Waals surface area (Å²) in [7, 11) is 0. The van der Waals surface area contributed by atoms with Crippen LogP contribution in [-0.4, -0.2) is 10.2 Å². The number of carbonyl (C=O) groups is 1. The minimum Gasteiger partial charge on any atom is -0.307 e. The Hall–Kier alpha value is -0.650. The molecule has 1 aromatic heterocycles. The van der Waals surface area contributed by atoms with Gasteiger partial charge in [0.1, 0.15) is 4.32 Å². The Bertz CT molecular complexity index is 380. The molecule has 1 fully saturated rings. The monoisotopic (exact) mass is 227 g/mol. The van der Waals surface area contributed by atoms with Crippen molar-refractivity contribution < 1.29 is 4.79 Å². The van der Waals surface area contributed by atoms with Crippen molar-refractivity contribution in [1.82, 2.24) is 5.32 Å². The zero-order valence-corrected chi connectivity index (χ0v) is 8.89. The van der Waals surface area contributed by atoms with Crippen molar-refractivity contribution in [2.45, 2.75) is 0 Å². The fourth-order valence-electron chi connectivity index (χ4n) is 0.924. The molecule has 0 unspecified atom stereocenters. The predicted molar refractivity (Wildman–Crippen MR) is 60.6 cm³/mol. The Morgan fingerprint density at radius 2 is 2.38 bits per heavy atom. The molecule has 0 aliphatic carbocycles. The number of thioether (sulfide) groups is 1. The first-order valence-electron chi connectivity index (χ1n) is 3.54. The van der Waals surface area contributed by atoms with Crippen molar-refractivity contribution >= 4 is 51.6 Å². The number of amides is 1. The molecule has 1 aliphatic heterocycles. The SMILES string of the molecule is O=C1NC(=S)S/C1=C/c1cccs1. The molecule has 0 saturated carbocycles. The zero-order valence-electron chi connectivity index (χ0n) is 6.44. The molecule has 1 N–H and O–H groups in total. The normalized spacial score (nSPS) is 19.5. The van der Waals surface area contributed by atoms with Gasteiger partial charge in [-0.1, -0.05) is 30.0 Å². The van der Waals surface area contributed by atoms with E-state index in [1.165, 1.54) is 11.8 Å². The van der Waals surface area contributed by atoms with Crippen molar-refractivity contribution in [3.63, 3.8) is 0 Å². The lowest BCUT2D eigenvalue weighted by Crippen LogP contribution is -2.17. The Balaban J connectivity index is 2.27. The topological polar surface area (TPSA) is 29.1 Å². The molecule has 0 aromatic carbocycles. The van der Waals surface area contributed by atoms with Gasteiger partial charge in [-0.15, -0.1) is 11.3 Å². The van der Waals surface area contributed by atoms with Crippen LogP contribution in [0.5, 0.6) is 0 Å². The minimum atomic E-state index is -0.0941. The smallest absolute Gasteiger partial charge is 0.263 e. The van der Waals surface area contributed by atoms with Gasteiger partial charge in [-0.3, -0.25) is 4.79 Å². The summed E-state index contributed by atoms with van der Waals surface area (Å²) in [4.78, 5) is 13.0. The van der Waals surface area contributed by atoms with Gasteiger partial charge in [0, 0.05) is 4.88 Å². The van der Waals surface area contributed by atoms with Gasteiger partial charge in [0.15, 0.2) is 0 Å². The van der Waals surface area contributed by atoms with Gasteiger partial charge in [-0.25, -0.2) is 0 Å². The lowest BCUT2D eigenvalue weighted by Gasteiger charge is -1.87. The first-order chi connectivity index (χ1) is 6.25. The Morgan fingerprint density at radius 1 is 1.54 bits per heavy atom. The van der Waals surface area contributed by atoms with Crippen molar-refractivity contribution in [2.24, 2.45) is 0 Å². The molecule has 2 nitrogen and oxygen atoms in total. The van der Waals surface area contributed by atoms with Crippen molar-refractivity contribution in [3.8, 4) is 0 Å². The molecular formula is C8H5NOS3. The Labute approximate surface area is 89.0 Å². The first-order valence-corrected chi connectivity index (χ1v) is 5.64. The van der Waals surface area contributed by atoms with Crippen LogP contribution < -0.4 is 5.32 Å². The van der Waals surface area contributed by atoms with E-state index in [4.69, 9.17) is 12.2 Å². The van der Waals surface area contributed by atoms with Crippen molar-refractivity contribution in [1.29, 1.82) is 0 Å². The van der Waals surface area contributed by atoms with E-state index in [0.29, 0.717) is 9.23 Å². The van der Waals surface area contributed by atoms with E-state index < -0.39 is 0 Å². The Morgan fingerprint density at radius 3 is 2.92 bits per heavy atom. The molecule has 13 heavy (non-hydrogen) atoms. The van der Waals surface area contributed by atoms with Crippen LogP contribution in [0.3, 0.4) is 0 Å². The quantitative estimate of drug-likeness (QED) is 0.589. The number of hydrogen-bond acceptors (Lipinski definition) is 4. The molecule has 0 radical (unpaired) electrons. The molecule has 66 valence electrons. The fraction of sp³-hybridized carbons (Fsp3) is 0. The van der Waals surface area contributed by atoms with E-state index in [9.17, 15) is 4.79 Å². The highest BCUT2D eigenvalue weighted by atomic mass is 32.2. The lowest BCUT2D eigenvalue weighted by molar-refractivity contribution is -0.115. The average molecular weight is 227 g/mol. The molecule has 1 saturated heterocycles. The second kappa shape index (κ2) is 3.61. The third-order valence-corrected chi connectivity index (χ3v) is 3.44. The number of carbonyl (C=O) groups excluding carboxylic acids is 1. The highest BCUT2D eigenvalue weighted by Gasteiger charge is 2.21. The van der Waals surface area contributed by atoms with Crippen LogP contribution in [0.25, 0.3) is 6.08 Å². The molecule has 1 amide bonds. The molecule has 2 rings (SSSR count). The van der Waals surface area contributed by atoms with Gasteiger partial charge in [-0.05, 0) is 17.5 Å². The predicted octanol–water partition coefficient (Wildman–Crippen LogP) is 2.24. The summed E-state index contributed by atoms with van der Waals surface area (Å²) in [6.45, 7) is 0. The second-order valence-electron chi connectivity index (χ2n) is 2.37. The van der Waals surface area contributed by atoms with E-state index in [-0.39, 0.29) is 5.91 Å². The summed E-state index contributed by atoms with van der Waals surface area (Å²) >= 11 is 7.77. The van der Waals surface area contributed by atoms with E-state index in [1.54, 1.807) is 11.3 Å². The maximum absolute atomic E-state index is 11.2. The first kappa shape index (κ1) is 8.93. The highest BCUT2D eigenvalue weighted by Crippen LogP contribution is 2.26. The summed E-state index contributed by atoms with van der Waals surface area (Å²) in [5, 5.41) is 4.55. The van der Waals surface area contributed by atoms with Crippen LogP contribution in [-0.2, 0) is 4.79 Å². The zero-order chi connectivity index (χ0) is 9.26. The van der Waals surface area contributed by atoms with Gasteiger partial charge >= 0.3 is 0 Å². The van der Waals surface area contributed by atoms with Gasteiger partial charge in [0.05, 0.1) is 4.91 Å². The second-order valence-corrected chi connectivity index (χ2v) is 5.07. The molecule has 1 aromatic rings. The van der Waals surface area contributed by atoms with Crippen LogP contribution in [0, 0.1) is 0 Å². The molecule has 5 heteroatoms. The van der Waals surface area contributed by atoms with Gasteiger partial charge < -0.3 is 5.32 Å². The van der Waals surface area contributed by atoms with Crippen molar-refractivity contribution in [2.75, 3.05) is 0 Å². The maximum Gasteiger partial charge on any atom is 0.263 e. The van der Waals surface area contributed by atoms with Crippen LogP contribution in [0.2, 0.25) is 0 Å². The molecular weight excluding hydrogens is 222 g/mol. The standard InChI is InChI=1S/C8H5NOS3/c10-7-6(13-8(11)9-7)4-5-2-1-3-12-5/h1-4H,(H,9,10,11)/b6-4+. The van der Waals surface area contributed by atoms with Gasteiger partial charge in [-0.2, -0.15) is 0 Å². The lowest BCUT2D eigenvalue weighted by atomic mass is 10.4. The number of thiophene rings is 1. The average Bonchev–Trinajstić information content (AvgIpc) is 2.63. The number of rotatable bonds is 1. The van der Waals surface area contributed by atoms with Crippen LogP contribution in [0.1, 0.15) is 4.88 Å². The minimum absolute atomic E-state index is 0.0941.